The predicted octanol–water partition coefficient (Wildman–Crippen LogP) is 3.61. The standard InChI is InChI=1S/C22H33NO5/c1-6-10-18(13-19(26-4)14-20(24)27-5)23-21(16(2)3)22(25)28-15-17-11-8-7-9-12-17/h7-9,11-12,14,16,18,21,23H,6,10,13,15H2,1-5H3/b19-14+/t18-,21+/m1/s1. The van der Waals surface area contributed by atoms with Gasteiger partial charge in [-0.15, -0.1) is 0 Å². The maximum absolute atomic E-state index is 12.7. The van der Waals surface area contributed by atoms with E-state index < -0.39 is 12.0 Å². The maximum atomic E-state index is 12.7. The Bertz CT molecular complexity index is 627. The number of hydrogen-bond acceptors (Lipinski definition) is 6. The summed E-state index contributed by atoms with van der Waals surface area (Å²) in [6.07, 6.45) is 3.57. The third-order valence-electron chi connectivity index (χ3n) is 4.39. The van der Waals surface area contributed by atoms with Crippen LogP contribution in [0.2, 0.25) is 0 Å². The molecule has 0 aliphatic rings. The van der Waals surface area contributed by atoms with Gasteiger partial charge in [-0.3, -0.25) is 4.79 Å². The topological polar surface area (TPSA) is 73.9 Å². The average molecular weight is 392 g/mol. The Balaban J connectivity index is 2.79. The molecule has 0 bridgehead atoms. The summed E-state index contributed by atoms with van der Waals surface area (Å²) in [5.41, 5.74) is 0.950. The summed E-state index contributed by atoms with van der Waals surface area (Å²) in [4.78, 5) is 24.2. The Kier molecular flexibility index (Phi) is 11.0. The van der Waals surface area contributed by atoms with Gasteiger partial charge in [0.05, 0.1) is 20.3 Å². The Hall–Kier alpha value is -2.34. The molecule has 1 aromatic carbocycles. The highest BCUT2D eigenvalue weighted by atomic mass is 16.5. The molecule has 0 saturated heterocycles. The van der Waals surface area contributed by atoms with Gasteiger partial charge in [-0.2, -0.15) is 0 Å². The van der Waals surface area contributed by atoms with Crippen LogP contribution in [0.3, 0.4) is 0 Å². The van der Waals surface area contributed by atoms with Crippen molar-refractivity contribution in [3.05, 3.63) is 47.7 Å². The number of methoxy groups -OCH3 is 2. The van der Waals surface area contributed by atoms with Crippen LogP contribution in [-0.2, 0) is 30.4 Å². The second-order valence-corrected chi connectivity index (χ2v) is 7.01. The van der Waals surface area contributed by atoms with E-state index in [0.29, 0.717) is 12.2 Å². The number of nitrogens with one attached hydrogen (secondary N) is 1. The zero-order valence-electron chi connectivity index (χ0n) is 17.6. The molecular weight excluding hydrogens is 358 g/mol. The molecule has 0 saturated carbocycles. The van der Waals surface area contributed by atoms with E-state index in [9.17, 15) is 9.59 Å². The number of ether oxygens (including phenoxy) is 3. The molecule has 1 rings (SSSR count). The summed E-state index contributed by atoms with van der Waals surface area (Å²) in [5, 5.41) is 3.40. The van der Waals surface area contributed by atoms with Crippen molar-refractivity contribution in [1.29, 1.82) is 0 Å². The van der Waals surface area contributed by atoms with Gasteiger partial charge >= 0.3 is 11.9 Å². The second-order valence-electron chi connectivity index (χ2n) is 7.01. The van der Waals surface area contributed by atoms with Crippen LogP contribution in [0.15, 0.2) is 42.2 Å². The zero-order chi connectivity index (χ0) is 20.9. The van der Waals surface area contributed by atoms with Crippen LogP contribution in [0, 0.1) is 5.92 Å². The van der Waals surface area contributed by atoms with Gasteiger partial charge in [-0.25, -0.2) is 4.79 Å². The Morgan fingerprint density at radius 3 is 2.32 bits per heavy atom. The molecule has 0 spiro atoms. The molecule has 2 atom stereocenters. The fraction of sp³-hybridized carbons (Fsp3) is 0.545. The molecule has 0 aromatic heterocycles. The fourth-order valence-electron chi connectivity index (χ4n) is 2.83. The lowest BCUT2D eigenvalue weighted by Gasteiger charge is -2.27. The number of carbonyl (C=O) groups excluding carboxylic acids is 2. The number of benzene rings is 1. The lowest BCUT2D eigenvalue weighted by molar-refractivity contribution is -0.149. The Morgan fingerprint density at radius 2 is 1.79 bits per heavy atom. The molecule has 6 heteroatoms. The van der Waals surface area contributed by atoms with Gasteiger partial charge in [0, 0.05) is 12.5 Å². The maximum Gasteiger partial charge on any atom is 0.333 e. The number of hydrogen-bond donors (Lipinski definition) is 1. The average Bonchev–Trinajstić information content (AvgIpc) is 2.69. The smallest absolute Gasteiger partial charge is 0.333 e. The first kappa shape index (κ1) is 23.7. The molecule has 1 aromatic rings. The summed E-state index contributed by atoms with van der Waals surface area (Å²) in [6.45, 7) is 6.27. The van der Waals surface area contributed by atoms with Gasteiger partial charge in [-0.1, -0.05) is 57.5 Å². The minimum Gasteiger partial charge on any atom is -0.501 e. The van der Waals surface area contributed by atoms with Crippen LogP contribution in [0.1, 0.15) is 45.6 Å². The lowest BCUT2D eigenvalue weighted by Crippen LogP contribution is -2.47. The molecule has 0 heterocycles. The first-order chi connectivity index (χ1) is 13.4. The van der Waals surface area contributed by atoms with Crippen LogP contribution in [0.25, 0.3) is 0 Å². The van der Waals surface area contributed by atoms with Crippen molar-refractivity contribution in [1.82, 2.24) is 5.32 Å². The molecule has 1 N–H and O–H groups in total. The van der Waals surface area contributed by atoms with Gasteiger partial charge in [-0.05, 0) is 17.9 Å². The number of rotatable bonds is 12. The van der Waals surface area contributed by atoms with Crippen LogP contribution in [-0.4, -0.2) is 38.2 Å². The van der Waals surface area contributed by atoms with Crippen LogP contribution in [0.4, 0.5) is 0 Å². The largest absolute Gasteiger partial charge is 0.501 e. The minimum absolute atomic E-state index is 0.0301. The molecule has 0 fully saturated rings. The van der Waals surface area contributed by atoms with E-state index in [1.54, 1.807) is 0 Å². The molecule has 6 nitrogen and oxygen atoms in total. The van der Waals surface area contributed by atoms with Crippen molar-refractivity contribution >= 4 is 11.9 Å². The predicted molar refractivity (Wildman–Crippen MR) is 108 cm³/mol. The SMILES string of the molecule is CCC[C@H](C/C(=C\C(=O)OC)OC)N[C@H](C(=O)OCc1ccccc1)C(C)C. The highest BCUT2D eigenvalue weighted by Crippen LogP contribution is 2.15. The van der Waals surface area contributed by atoms with E-state index >= 15 is 0 Å². The highest BCUT2D eigenvalue weighted by molar-refractivity contribution is 5.82. The van der Waals surface area contributed by atoms with Gasteiger partial charge in [0.25, 0.3) is 0 Å². The quantitative estimate of drug-likeness (QED) is 0.333. The third kappa shape index (κ3) is 8.57. The second kappa shape index (κ2) is 12.9. The van der Waals surface area contributed by atoms with Gasteiger partial charge in [0.2, 0.25) is 0 Å². The summed E-state index contributed by atoms with van der Waals surface area (Å²) in [5.74, 6) is -0.179. The first-order valence-corrected chi connectivity index (χ1v) is 9.70. The van der Waals surface area contributed by atoms with Crippen molar-refractivity contribution in [2.75, 3.05) is 14.2 Å². The normalized spacial score (nSPS) is 13.7. The lowest BCUT2D eigenvalue weighted by atomic mass is 10.00. The van der Waals surface area contributed by atoms with E-state index in [-0.39, 0.29) is 24.5 Å². The molecule has 0 aliphatic carbocycles. The molecule has 0 amide bonds. The van der Waals surface area contributed by atoms with E-state index in [2.05, 4.69) is 17.0 Å². The third-order valence-corrected chi connectivity index (χ3v) is 4.39. The minimum atomic E-state index is -0.463. The van der Waals surface area contributed by atoms with Crippen molar-refractivity contribution in [2.24, 2.45) is 5.92 Å². The van der Waals surface area contributed by atoms with E-state index in [1.165, 1.54) is 20.3 Å². The monoisotopic (exact) mass is 391 g/mol. The summed E-state index contributed by atoms with van der Waals surface area (Å²) < 4.78 is 15.5. The molecule has 156 valence electrons. The van der Waals surface area contributed by atoms with Gasteiger partial charge in [0.1, 0.15) is 18.4 Å². The first-order valence-electron chi connectivity index (χ1n) is 9.70. The molecular formula is C22H33NO5. The van der Waals surface area contributed by atoms with Crippen molar-refractivity contribution in [2.45, 2.75) is 58.7 Å². The fourth-order valence-corrected chi connectivity index (χ4v) is 2.83. The van der Waals surface area contributed by atoms with Crippen LogP contribution in [0.5, 0.6) is 0 Å². The molecule has 28 heavy (non-hydrogen) atoms. The summed E-state index contributed by atoms with van der Waals surface area (Å²) in [6, 6.07) is 9.13. The van der Waals surface area contributed by atoms with Crippen LogP contribution >= 0.6 is 0 Å². The van der Waals surface area contributed by atoms with Crippen molar-refractivity contribution in [3.8, 4) is 0 Å². The number of carbonyl (C=O) groups is 2. The molecule has 0 radical (unpaired) electrons. The van der Waals surface area contributed by atoms with E-state index in [1.807, 2.05) is 44.2 Å². The zero-order valence-corrected chi connectivity index (χ0v) is 17.6. The highest BCUT2D eigenvalue weighted by Gasteiger charge is 2.27. The Labute approximate surface area is 168 Å². The summed E-state index contributed by atoms with van der Waals surface area (Å²) in [7, 11) is 2.84. The van der Waals surface area contributed by atoms with Crippen molar-refractivity contribution < 1.29 is 23.8 Å². The van der Waals surface area contributed by atoms with Crippen LogP contribution < -0.4 is 5.32 Å². The van der Waals surface area contributed by atoms with Crippen molar-refractivity contribution in [3.63, 3.8) is 0 Å². The van der Waals surface area contributed by atoms with Gasteiger partial charge < -0.3 is 19.5 Å². The van der Waals surface area contributed by atoms with E-state index in [4.69, 9.17) is 9.47 Å². The molecule has 0 unspecified atom stereocenters. The summed E-state index contributed by atoms with van der Waals surface area (Å²) >= 11 is 0. The van der Waals surface area contributed by atoms with E-state index in [0.717, 1.165) is 18.4 Å². The van der Waals surface area contributed by atoms with Gasteiger partial charge in [0.15, 0.2) is 0 Å². The number of esters is 2. The molecule has 0 aliphatic heterocycles. The Morgan fingerprint density at radius 1 is 1.11 bits per heavy atom.